The molecule has 0 aliphatic rings. The van der Waals surface area contributed by atoms with E-state index in [1.807, 2.05) is 18.3 Å². The van der Waals surface area contributed by atoms with Gasteiger partial charge >= 0.3 is 0 Å². The van der Waals surface area contributed by atoms with Crippen LogP contribution in [0.3, 0.4) is 0 Å². The van der Waals surface area contributed by atoms with Gasteiger partial charge in [0.2, 0.25) is 0 Å². The van der Waals surface area contributed by atoms with E-state index in [-0.39, 0.29) is 0 Å². The van der Waals surface area contributed by atoms with Crippen LogP contribution in [0.5, 0.6) is 11.5 Å². The molecule has 20 heavy (non-hydrogen) atoms. The zero-order chi connectivity index (χ0) is 14.2. The van der Waals surface area contributed by atoms with E-state index >= 15 is 0 Å². The van der Waals surface area contributed by atoms with Crippen LogP contribution >= 0.6 is 11.6 Å². The fourth-order valence-corrected chi connectivity index (χ4v) is 2.14. The minimum atomic E-state index is 0.583. The number of rotatable bonds is 8. The minimum Gasteiger partial charge on any atom is -0.497 e. The van der Waals surface area contributed by atoms with Gasteiger partial charge in [-0.2, -0.15) is 0 Å². The van der Waals surface area contributed by atoms with Gasteiger partial charge in [0.25, 0.3) is 0 Å². The van der Waals surface area contributed by atoms with Crippen molar-refractivity contribution in [2.45, 2.75) is 25.7 Å². The summed E-state index contributed by atoms with van der Waals surface area (Å²) in [5.74, 6) is 2.49. The topological polar surface area (TPSA) is 47.1 Å². The highest BCUT2D eigenvalue weighted by Gasteiger charge is 2.03. The molecule has 5 heteroatoms. The van der Waals surface area contributed by atoms with Crippen LogP contribution in [0.2, 0.25) is 5.02 Å². The predicted molar refractivity (Wildman–Crippen MR) is 79.6 cm³/mol. The van der Waals surface area contributed by atoms with Gasteiger partial charge in [-0.25, -0.2) is 4.98 Å². The minimum absolute atomic E-state index is 0.583. The maximum absolute atomic E-state index is 6.10. The van der Waals surface area contributed by atoms with Gasteiger partial charge < -0.3 is 14.5 Å². The van der Waals surface area contributed by atoms with Crippen molar-refractivity contribution in [3.63, 3.8) is 0 Å². The van der Waals surface area contributed by atoms with Crippen molar-refractivity contribution >= 4 is 11.6 Å². The van der Waals surface area contributed by atoms with Gasteiger partial charge in [-0.1, -0.05) is 11.6 Å². The second-order valence-electron chi connectivity index (χ2n) is 4.49. The summed E-state index contributed by atoms with van der Waals surface area (Å²) in [6.07, 6.45) is 7.83. The lowest BCUT2D eigenvalue weighted by atomic mass is 10.2. The number of aromatic nitrogens is 2. The van der Waals surface area contributed by atoms with E-state index in [0.29, 0.717) is 17.4 Å². The summed E-state index contributed by atoms with van der Waals surface area (Å²) in [5, 5.41) is 0.583. The van der Waals surface area contributed by atoms with E-state index in [2.05, 4.69) is 9.97 Å². The van der Waals surface area contributed by atoms with Gasteiger partial charge in [-0.15, -0.1) is 0 Å². The number of hydrogen-bond acceptors (Lipinski definition) is 3. The number of nitrogens with one attached hydrogen (secondary N) is 1. The molecule has 0 spiro atoms. The molecule has 0 amide bonds. The van der Waals surface area contributed by atoms with Crippen LogP contribution in [0.4, 0.5) is 0 Å². The van der Waals surface area contributed by atoms with Crippen LogP contribution in [-0.2, 0) is 6.42 Å². The lowest BCUT2D eigenvalue weighted by molar-refractivity contribution is 0.304. The third-order valence-corrected chi connectivity index (χ3v) is 3.30. The Balaban J connectivity index is 1.63. The molecule has 2 aromatic rings. The van der Waals surface area contributed by atoms with Crippen molar-refractivity contribution in [3.05, 3.63) is 41.4 Å². The smallest absolute Gasteiger partial charge is 0.138 e. The number of ether oxygens (including phenoxy) is 2. The first-order chi connectivity index (χ1) is 9.79. The molecule has 0 aliphatic heterocycles. The van der Waals surface area contributed by atoms with Gasteiger partial charge in [-0.3, -0.25) is 0 Å². The summed E-state index contributed by atoms with van der Waals surface area (Å²) < 4.78 is 10.8. The van der Waals surface area contributed by atoms with Crippen molar-refractivity contribution in [2.24, 2.45) is 0 Å². The van der Waals surface area contributed by atoms with Crippen molar-refractivity contribution in [3.8, 4) is 11.5 Å². The average molecular weight is 295 g/mol. The molecule has 0 aliphatic carbocycles. The monoisotopic (exact) mass is 294 g/mol. The van der Waals surface area contributed by atoms with Gasteiger partial charge in [0.1, 0.15) is 17.3 Å². The number of methoxy groups -OCH3 is 1. The van der Waals surface area contributed by atoms with Crippen molar-refractivity contribution < 1.29 is 9.47 Å². The molecule has 4 nitrogen and oxygen atoms in total. The summed E-state index contributed by atoms with van der Waals surface area (Å²) in [6.45, 7) is 0.671. The number of benzene rings is 1. The molecule has 0 bridgehead atoms. The summed E-state index contributed by atoms with van der Waals surface area (Å²) in [6, 6.07) is 5.44. The first-order valence-electron chi connectivity index (χ1n) is 6.74. The van der Waals surface area contributed by atoms with E-state index in [0.717, 1.165) is 37.3 Å². The molecule has 108 valence electrons. The molecule has 0 saturated heterocycles. The Bertz CT molecular complexity index is 515. The number of aryl methyl sites for hydroxylation is 1. The summed E-state index contributed by atoms with van der Waals surface area (Å²) in [5.41, 5.74) is 0. The van der Waals surface area contributed by atoms with Gasteiger partial charge in [0.15, 0.2) is 0 Å². The number of aromatic amines is 1. The molecule has 2 rings (SSSR count). The normalized spacial score (nSPS) is 10.5. The van der Waals surface area contributed by atoms with E-state index in [1.165, 1.54) is 0 Å². The Morgan fingerprint density at radius 2 is 2.15 bits per heavy atom. The molecule has 0 radical (unpaired) electrons. The Hall–Kier alpha value is -1.68. The number of unbranched alkanes of at least 4 members (excludes halogenated alkanes) is 2. The summed E-state index contributed by atoms with van der Waals surface area (Å²) in [4.78, 5) is 7.29. The summed E-state index contributed by atoms with van der Waals surface area (Å²) in [7, 11) is 1.62. The maximum Gasteiger partial charge on any atom is 0.138 e. The van der Waals surface area contributed by atoms with Crippen LogP contribution in [0.15, 0.2) is 30.6 Å². The molecule has 1 heterocycles. The first kappa shape index (κ1) is 14.7. The number of imidazole rings is 1. The molecular formula is C15H19ClN2O2. The van der Waals surface area contributed by atoms with E-state index in [9.17, 15) is 0 Å². The average Bonchev–Trinajstić information content (AvgIpc) is 2.97. The third kappa shape index (κ3) is 4.46. The lowest BCUT2D eigenvalue weighted by Crippen LogP contribution is -1.99. The number of nitrogens with zero attached hydrogens (tertiary/aromatic N) is 1. The SMILES string of the molecule is COc1ccc(OCCCCCc2ncc[nH]2)c(Cl)c1. The Morgan fingerprint density at radius 1 is 1.25 bits per heavy atom. The Kier molecular flexibility index (Phi) is 5.74. The van der Waals surface area contributed by atoms with Crippen LogP contribution < -0.4 is 9.47 Å². The predicted octanol–water partition coefficient (Wildman–Crippen LogP) is 3.86. The van der Waals surface area contributed by atoms with E-state index in [4.69, 9.17) is 21.1 Å². The van der Waals surface area contributed by atoms with Crippen molar-refractivity contribution in [2.75, 3.05) is 13.7 Å². The molecule has 1 N–H and O–H groups in total. The van der Waals surface area contributed by atoms with Crippen LogP contribution in [0.25, 0.3) is 0 Å². The number of H-pyrrole nitrogens is 1. The number of hydrogen-bond donors (Lipinski definition) is 1. The third-order valence-electron chi connectivity index (χ3n) is 3.01. The molecule has 0 unspecified atom stereocenters. The molecule has 0 atom stereocenters. The molecular weight excluding hydrogens is 276 g/mol. The zero-order valence-corrected chi connectivity index (χ0v) is 12.3. The molecule has 0 fully saturated rings. The zero-order valence-electron chi connectivity index (χ0n) is 11.6. The highest BCUT2D eigenvalue weighted by molar-refractivity contribution is 6.32. The first-order valence-corrected chi connectivity index (χ1v) is 7.12. The van der Waals surface area contributed by atoms with E-state index < -0.39 is 0 Å². The van der Waals surface area contributed by atoms with Gasteiger partial charge in [0.05, 0.1) is 18.7 Å². The number of halogens is 1. The van der Waals surface area contributed by atoms with Crippen LogP contribution in [0, 0.1) is 0 Å². The summed E-state index contributed by atoms with van der Waals surface area (Å²) >= 11 is 6.10. The van der Waals surface area contributed by atoms with E-state index in [1.54, 1.807) is 19.4 Å². The molecule has 1 aromatic carbocycles. The maximum atomic E-state index is 6.10. The van der Waals surface area contributed by atoms with Crippen LogP contribution in [-0.4, -0.2) is 23.7 Å². The highest BCUT2D eigenvalue weighted by atomic mass is 35.5. The fourth-order valence-electron chi connectivity index (χ4n) is 1.91. The standard InChI is InChI=1S/C15H19ClN2O2/c1-19-12-6-7-14(13(16)11-12)20-10-4-2-3-5-15-17-8-9-18-15/h6-9,11H,2-5,10H2,1H3,(H,17,18). The highest BCUT2D eigenvalue weighted by Crippen LogP contribution is 2.28. The second kappa shape index (κ2) is 7.80. The van der Waals surface area contributed by atoms with Crippen molar-refractivity contribution in [1.29, 1.82) is 0 Å². The van der Waals surface area contributed by atoms with Crippen LogP contribution in [0.1, 0.15) is 25.1 Å². The largest absolute Gasteiger partial charge is 0.497 e. The van der Waals surface area contributed by atoms with Gasteiger partial charge in [0, 0.05) is 24.9 Å². The van der Waals surface area contributed by atoms with Gasteiger partial charge in [-0.05, 0) is 31.4 Å². The second-order valence-corrected chi connectivity index (χ2v) is 4.90. The Labute approximate surface area is 124 Å². The molecule has 0 saturated carbocycles. The van der Waals surface area contributed by atoms with Crippen molar-refractivity contribution in [1.82, 2.24) is 9.97 Å². The lowest BCUT2D eigenvalue weighted by Gasteiger charge is -2.09. The quantitative estimate of drug-likeness (QED) is 0.752. The fraction of sp³-hybridized carbons (Fsp3) is 0.400. The molecule has 1 aromatic heterocycles. The Morgan fingerprint density at radius 3 is 2.85 bits per heavy atom.